The highest BCUT2D eigenvalue weighted by molar-refractivity contribution is 6.11. The molecule has 0 fully saturated rings. The van der Waals surface area contributed by atoms with E-state index in [0.29, 0.717) is 5.92 Å². The maximum Gasteiger partial charge on any atom is 0.0541 e. The maximum absolute atomic E-state index is 2.47. The lowest BCUT2D eigenvalue weighted by molar-refractivity contribution is 0.820. The van der Waals surface area contributed by atoms with E-state index < -0.39 is 0 Å². The van der Waals surface area contributed by atoms with Gasteiger partial charge in [-0.25, -0.2) is 0 Å². The molecule has 2 aliphatic rings. The molecule has 0 spiro atoms. The van der Waals surface area contributed by atoms with Gasteiger partial charge in [0.2, 0.25) is 0 Å². The Labute approximate surface area is 368 Å². The minimum atomic E-state index is 0.309. The third kappa shape index (κ3) is 6.45. The average Bonchev–Trinajstić information content (AvgIpc) is 3.87. The van der Waals surface area contributed by atoms with Crippen LogP contribution in [0.5, 0.6) is 0 Å². The Morgan fingerprint density at radius 2 is 0.873 bits per heavy atom. The molecule has 1 unspecified atom stereocenters. The molecular weight excluding hydrogens is 763 g/mol. The van der Waals surface area contributed by atoms with Crippen LogP contribution in [0.4, 0.5) is 28.4 Å². The molecular formula is C60H43N3. The zero-order chi connectivity index (χ0) is 41.7. The summed E-state index contributed by atoms with van der Waals surface area (Å²) in [4.78, 5) is 4.78. The van der Waals surface area contributed by atoms with Gasteiger partial charge in [0.15, 0.2) is 0 Å². The largest absolute Gasteiger partial charge is 0.313 e. The molecule has 0 saturated carbocycles. The third-order valence-electron chi connectivity index (χ3n) is 12.9. The summed E-state index contributed by atoms with van der Waals surface area (Å²) in [6.45, 7) is 0. The number of fused-ring (bicyclic) bond motifs is 6. The smallest absolute Gasteiger partial charge is 0.0541 e. The fourth-order valence-corrected chi connectivity index (χ4v) is 9.85. The van der Waals surface area contributed by atoms with Crippen molar-refractivity contribution in [2.45, 2.75) is 12.3 Å². The van der Waals surface area contributed by atoms with Crippen LogP contribution in [0.1, 0.15) is 17.9 Å². The van der Waals surface area contributed by atoms with E-state index in [1.165, 1.54) is 77.8 Å². The Kier molecular flexibility index (Phi) is 8.97. The Morgan fingerprint density at radius 1 is 0.397 bits per heavy atom. The highest BCUT2D eigenvalue weighted by atomic mass is 15.2. The van der Waals surface area contributed by atoms with Gasteiger partial charge >= 0.3 is 0 Å². The molecule has 3 heteroatoms. The number of benzene rings is 9. The maximum atomic E-state index is 2.47. The summed E-state index contributed by atoms with van der Waals surface area (Å²) in [7, 11) is 0. The number of allylic oxidation sites excluding steroid dienone is 4. The van der Waals surface area contributed by atoms with Gasteiger partial charge < -0.3 is 14.4 Å². The van der Waals surface area contributed by atoms with Gasteiger partial charge in [-0.1, -0.05) is 140 Å². The normalized spacial score (nSPS) is 14.1. The number of aromatic nitrogens is 1. The lowest BCUT2D eigenvalue weighted by Crippen LogP contribution is -2.14. The topological polar surface area (TPSA) is 11.4 Å². The van der Waals surface area contributed by atoms with E-state index >= 15 is 0 Å². The number of anilines is 5. The van der Waals surface area contributed by atoms with Gasteiger partial charge in [-0.15, -0.1) is 0 Å². The van der Waals surface area contributed by atoms with E-state index in [9.17, 15) is 0 Å². The van der Waals surface area contributed by atoms with Gasteiger partial charge in [-0.2, -0.15) is 0 Å². The predicted molar refractivity (Wildman–Crippen MR) is 265 cm³/mol. The number of hydrogen-bond donors (Lipinski definition) is 0. The van der Waals surface area contributed by atoms with Crippen LogP contribution < -0.4 is 9.80 Å². The molecule has 0 amide bonds. The SMILES string of the molecule is C1=CCC2C(=C1)N(c1ccc(-c3ccccc3)cc1)c1ccc(-c3ccc4c(c3)c3cc(-c5ccc(N(c6ccccc6)c6ccccc6)cc5)ccc3n4-c3ccccc3)cc12. The Balaban J connectivity index is 0.937. The lowest BCUT2D eigenvalue weighted by atomic mass is 9.90. The fourth-order valence-electron chi connectivity index (χ4n) is 9.85. The van der Waals surface area contributed by atoms with E-state index in [2.05, 4.69) is 257 Å². The van der Waals surface area contributed by atoms with Crippen molar-refractivity contribution in [1.29, 1.82) is 0 Å². The second kappa shape index (κ2) is 15.4. The number of para-hydroxylation sites is 3. The second-order valence-corrected chi connectivity index (χ2v) is 16.5. The number of hydrogen-bond acceptors (Lipinski definition) is 2. The van der Waals surface area contributed by atoms with Crippen LogP contribution in [0.2, 0.25) is 0 Å². The van der Waals surface area contributed by atoms with Crippen molar-refractivity contribution in [1.82, 2.24) is 4.57 Å². The molecule has 1 aliphatic carbocycles. The fraction of sp³-hybridized carbons (Fsp3) is 0.0333. The van der Waals surface area contributed by atoms with Crippen LogP contribution in [0.3, 0.4) is 0 Å². The first-order valence-electron chi connectivity index (χ1n) is 21.9. The summed E-state index contributed by atoms with van der Waals surface area (Å²) in [6.07, 6.45) is 7.82. The first-order chi connectivity index (χ1) is 31.2. The van der Waals surface area contributed by atoms with Gasteiger partial charge in [0.05, 0.1) is 11.0 Å². The van der Waals surface area contributed by atoms with Gasteiger partial charge in [0, 0.05) is 56.5 Å². The van der Waals surface area contributed by atoms with Gasteiger partial charge in [0.25, 0.3) is 0 Å². The number of nitrogens with zero attached hydrogens (tertiary/aromatic N) is 3. The van der Waals surface area contributed by atoms with E-state index in [0.717, 1.165) is 29.2 Å². The van der Waals surface area contributed by atoms with Crippen molar-refractivity contribution in [3.8, 4) is 39.1 Å². The lowest BCUT2D eigenvalue weighted by Gasteiger charge is -2.25. The summed E-state index contributed by atoms with van der Waals surface area (Å²) in [5.74, 6) is 0.309. The highest BCUT2D eigenvalue weighted by Crippen LogP contribution is 2.52. The Bertz CT molecular complexity index is 3290. The van der Waals surface area contributed by atoms with Crippen LogP contribution in [0.15, 0.2) is 248 Å². The third-order valence-corrected chi connectivity index (χ3v) is 12.9. The summed E-state index contributed by atoms with van der Waals surface area (Å²) in [6, 6.07) is 81.7. The summed E-state index contributed by atoms with van der Waals surface area (Å²) < 4.78 is 2.41. The molecule has 2 heterocycles. The van der Waals surface area contributed by atoms with Crippen LogP contribution in [-0.2, 0) is 0 Å². The average molecular weight is 806 g/mol. The molecule has 9 aromatic carbocycles. The first-order valence-corrected chi connectivity index (χ1v) is 21.9. The van der Waals surface area contributed by atoms with E-state index in [4.69, 9.17) is 0 Å². The highest BCUT2D eigenvalue weighted by Gasteiger charge is 2.35. The predicted octanol–water partition coefficient (Wildman–Crippen LogP) is 16.3. The van der Waals surface area contributed by atoms with Gasteiger partial charge in [0.1, 0.15) is 0 Å². The first kappa shape index (κ1) is 36.7. The van der Waals surface area contributed by atoms with Crippen LogP contribution in [0, 0.1) is 0 Å². The van der Waals surface area contributed by atoms with Crippen molar-refractivity contribution < 1.29 is 0 Å². The molecule has 10 aromatic rings. The summed E-state index contributed by atoms with van der Waals surface area (Å²) in [5, 5.41) is 2.48. The summed E-state index contributed by atoms with van der Waals surface area (Å²) >= 11 is 0. The zero-order valence-corrected chi connectivity index (χ0v) is 34.7. The van der Waals surface area contributed by atoms with Crippen molar-refractivity contribution in [3.63, 3.8) is 0 Å². The molecule has 63 heavy (non-hydrogen) atoms. The van der Waals surface area contributed by atoms with Crippen molar-refractivity contribution >= 4 is 50.2 Å². The van der Waals surface area contributed by atoms with E-state index in [1.54, 1.807) is 0 Å². The minimum absolute atomic E-state index is 0.309. The molecule has 12 rings (SSSR count). The molecule has 0 bridgehead atoms. The van der Waals surface area contributed by atoms with Gasteiger partial charge in [-0.05, 0) is 149 Å². The zero-order valence-electron chi connectivity index (χ0n) is 34.7. The second-order valence-electron chi connectivity index (χ2n) is 16.5. The Hall–Kier alpha value is -8.14. The van der Waals surface area contributed by atoms with Crippen LogP contribution in [-0.4, -0.2) is 4.57 Å². The van der Waals surface area contributed by atoms with Crippen molar-refractivity contribution in [3.05, 3.63) is 254 Å². The molecule has 0 radical (unpaired) electrons. The standard InChI is InChI=1S/C60H43N3/c1-5-15-42(16-6-1)43-25-34-52(35-26-43)63-57-24-14-13-23-53(57)54-40-46(30-37-58(54)63)47-31-38-60-56(41-47)55-39-45(29-36-59(55)62(60)50-21-11-4-12-22-50)44-27-32-51(33-28-44)61(48-17-7-2-8-18-48)49-19-9-3-10-20-49/h1-22,24-41,53H,23H2. The molecule has 0 saturated heterocycles. The molecule has 0 N–H and O–H groups in total. The molecule has 1 aromatic heterocycles. The monoisotopic (exact) mass is 805 g/mol. The van der Waals surface area contributed by atoms with Crippen molar-refractivity contribution in [2.75, 3.05) is 9.80 Å². The Morgan fingerprint density at radius 3 is 1.51 bits per heavy atom. The van der Waals surface area contributed by atoms with Gasteiger partial charge in [-0.3, -0.25) is 0 Å². The van der Waals surface area contributed by atoms with Crippen LogP contribution >= 0.6 is 0 Å². The quantitative estimate of drug-likeness (QED) is 0.152. The van der Waals surface area contributed by atoms with E-state index in [-0.39, 0.29) is 0 Å². The minimum Gasteiger partial charge on any atom is -0.313 e. The van der Waals surface area contributed by atoms with Crippen LogP contribution in [0.25, 0.3) is 60.9 Å². The summed E-state index contributed by atoms with van der Waals surface area (Å²) in [5.41, 5.74) is 19.4. The van der Waals surface area contributed by atoms with Crippen molar-refractivity contribution in [2.24, 2.45) is 0 Å². The number of rotatable bonds is 8. The molecule has 3 nitrogen and oxygen atoms in total. The molecule has 1 atom stereocenters. The molecule has 298 valence electrons. The molecule has 1 aliphatic heterocycles. The van der Waals surface area contributed by atoms with E-state index in [1.807, 2.05) is 0 Å².